The number of hydrogen-bond donors (Lipinski definition) is 1. The first-order chi connectivity index (χ1) is 21.0. The van der Waals surface area contributed by atoms with Crippen LogP contribution in [-0.2, 0) is 0 Å². The molecule has 242 valence electrons. The van der Waals surface area contributed by atoms with Gasteiger partial charge in [0.1, 0.15) is 34.0 Å². The quantitative estimate of drug-likeness (QED) is 0.116. The minimum Gasteiger partial charge on any atom is -0.492 e. The molecule has 3 aliphatic heterocycles. The molecule has 2 atom stereocenters. The molecule has 0 spiro atoms. The van der Waals surface area contributed by atoms with E-state index < -0.39 is 11.2 Å². The highest BCUT2D eigenvalue weighted by atomic mass is 16.5. The number of carbonyl (C=O) groups excluding carboxylic acids is 1. The number of fused-ring (bicyclic) bond motifs is 3. The highest BCUT2D eigenvalue weighted by Crippen LogP contribution is 2.52. The van der Waals surface area contributed by atoms with E-state index in [4.69, 9.17) is 14.2 Å². The van der Waals surface area contributed by atoms with E-state index in [0.29, 0.717) is 23.7 Å². The predicted molar refractivity (Wildman–Crippen MR) is 183 cm³/mol. The molecule has 4 rings (SSSR count). The molecule has 44 heavy (non-hydrogen) atoms. The maximum absolute atomic E-state index is 13.3. The third-order valence-electron chi connectivity index (χ3n) is 8.82. The van der Waals surface area contributed by atoms with Gasteiger partial charge in [0.15, 0.2) is 5.78 Å². The molecular weight excluding hydrogens is 548 g/mol. The van der Waals surface area contributed by atoms with Gasteiger partial charge in [0.05, 0.1) is 17.7 Å². The van der Waals surface area contributed by atoms with Crippen LogP contribution in [0.25, 0.3) is 12.2 Å². The number of Topliss-reactive ketones (excluding diaryl/α,β-unsaturated/α-hetero) is 1. The van der Waals surface area contributed by atoms with E-state index in [1.54, 1.807) is 6.92 Å². The highest BCUT2D eigenvalue weighted by molar-refractivity contribution is 6.04. The Morgan fingerprint density at radius 1 is 0.864 bits per heavy atom. The van der Waals surface area contributed by atoms with Crippen molar-refractivity contribution in [2.24, 2.45) is 0 Å². The normalized spacial score (nSPS) is 22.1. The fourth-order valence-corrected chi connectivity index (χ4v) is 6.26. The number of benzene rings is 1. The first-order valence-electron chi connectivity index (χ1n) is 16.8. The zero-order valence-corrected chi connectivity index (χ0v) is 28.4. The molecule has 1 aromatic rings. The fraction of sp³-hybridized carbons (Fsp3) is 0.605. The van der Waals surface area contributed by atoms with E-state index in [-0.39, 0.29) is 5.78 Å². The summed E-state index contributed by atoms with van der Waals surface area (Å²) in [4.78, 5) is 15.9. The van der Waals surface area contributed by atoms with Gasteiger partial charge in [0.2, 0.25) is 0 Å². The van der Waals surface area contributed by atoms with Crippen LogP contribution < -0.4 is 19.5 Å². The summed E-state index contributed by atoms with van der Waals surface area (Å²) >= 11 is 0. The van der Waals surface area contributed by atoms with Gasteiger partial charge in [-0.2, -0.15) is 0 Å². The van der Waals surface area contributed by atoms with Gasteiger partial charge >= 0.3 is 0 Å². The monoisotopic (exact) mass is 604 g/mol. The molecule has 1 saturated heterocycles. The summed E-state index contributed by atoms with van der Waals surface area (Å²) in [5.41, 5.74) is 3.75. The van der Waals surface area contributed by atoms with Gasteiger partial charge in [-0.1, -0.05) is 23.3 Å². The molecule has 3 aliphatic rings. The molecule has 1 fully saturated rings. The second kappa shape index (κ2) is 15.4. The molecule has 0 amide bonds. The molecule has 6 heteroatoms. The van der Waals surface area contributed by atoms with Gasteiger partial charge in [-0.15, -0.1) is 0 Å². The first kappa shape index (κ1) is 34.1. The average Bonchev–Trinajstić information content (AvgIpc) is 3.47. The van der Waals surface area contributed by atoms with Crippen LogP contribution in [0, 0.1) is 0 Å². The summed E-state index contributed by atoms with van der Waals surface area (Å²) in [6.45, 7) is 20.4. The number of ether oxygens (including phenoxy) is 3. The zero-order chi connectivity index (χ0) is 31.7. The van der Waals surface area contributed by atoms with Crippen molar-refractivity contribution >= 4 is 17.9 Å². The van der Waals surface area contributed by atoms with Crippen LogP contribution in [0.1, 0.15) is 121 Å². The van der Waals surface area contributed by atoms with Crippen molar-refractivity contribution in [3.63, 3.8) is 0 Å². The minimum absolute atomic E-state index is 0.0636. The summed E-state index contributed by atoms with van der Waals surface area (Å²) in [5.74, 6) is 1.83. The van der Waals surface area contributed by atoms with Crippen molar-refractivity contribution in [2.45, 2.75) is 111 Å². The van der Waals surface area contributed by atoms with E-state index in [1.807, 2.05) is 0 Å². The molecular formula is C38H56N2O4. The lowest BCUT2D eigenvalue weighted by Crippen LogP contribution is -2.35. The topological polar surface area (TPSA) is 60.0 Å². The van der Waals surface area contributed by atoms with Crippen LogP contribution in [-0.4, -0.2) is 61.2 Å². The van der Waals surface area contributed by atoms with Gasteiger partial charge in [-0.05, 0) is 157 Å². The van der Waals surface area contributed by atoms with Gasteiger partial charge < -0.3 is 24.4 Å². The molecule has 1 aromatic carbocycles. The van der Waals surface area contributed by atoms with Crippen molar-refractivity contribution in [3.8, 4) is 17.2 Å². The zero-order valence-electron chi connectivity index (χ0n) is 28.4. The van der Waals surface area contributed by atoms with Crippen LogP contribution in [0.2, 0.25) is 0 Å². The van der Waals surface area contributed by atoms with Crippen molar-refractivity contribution in [3.05, 3.63) is 52.1 Å². The predicted octanol–water partition coefficient (Wildman–Crippen LogP) is 8.56. The maximum Gasteiger partial charge on any atom is 0.167 e. The summed E-state index contributed by atoms with van der Waals surface area (Å²) in [5, 5.41) is 3.57. The van der Waals surface area contributed by atoms with Crippen LogP contribution in [0.15, 0.2) is 35.5 Å². The number of nitrogens with one attached hydrogen (secondary N) is 1. The van der Waals surface area contributed by atoms with E-state index in [1.165, 1.54) is 50.0 Å². The molecule has 0 aromatic heterocycles. The SMILES string of the molecule is CC(=O)c1c(OCCCNCCCN2CCCC2)c2c(c3c1OC(C)(CCC=C(C)C)C=C3)OC(C)(CCC=C(C)C)C=C2. The van der Waals surface area contributed by atoms with Crippen LogP contribution in [0.3, 0.4) is 0 Å². The third-order valence-corrected chi connectivity index (χ3v) is 8.82. The largest absolute Gasteiger partial charge is 0.492 e. The smallest absolute Gasteiger partial charge is 0.167 e. The Morgan fingerprint density at radius 2 is 1.43 bits per heavy atom. The number of likely N-dealkylation sites (tertiary alicyclic amines) is 1. The Kier molecular flexibility index (Phi) is 12.0. The average molecular weight is 605 g/mol. The Morgan fingerprint density at radius 3 is 2.02 bits per heavy atom. The molecule has 0 saturated carbocycles. The van der Waals surface area contributed by atoms with Crippen LogP contribution in [0.5, 0.6) is 17.2 Å². The third kappa shape index (κ3) is 9.10. The Bertz CT molecular complexity index is 1280. The lowest BCUT2D eigenvalue weighted by Gasteiger charge is -2.38. The summed E-state index contributed by atoms with van der Waals surface area (Å²) in [7, 11) is 0. The molecule has 2 unspecified atom stereocenters. The minimum atomic E-state index is -0.537. The number of ketones is 1. The number of carbonyl (C=O) groups is 1. The summed E-state index contributed by atoms with van der Waals surface area (Å²) in [6, 6.07) is 0. The number of nitrogens with zero attached hydrogens (tertiary/aromatic N) is 1. The van der Waals surface area contributed by atoms with E-state index >= 15 is 0 Å². The van der Waals surface area contributed by atoms with Crippen LogP contribution >= 0.6 is 0 Å². The van der Waals surface area contributed by atoms with Crippen molar-refractivity contribution in [1.82, 2.24) is 10.2 Å². The van der Waals surface area contributed by atoms with E-state index in [9.17, 15) is 4.79 Å². The maximum atomic E-state index is 13.3. The van der Waals surface area contributed by atoms with Crippen molar-refractivity contribution in [1.29, 1.82) is 0 Å². The second-order valence-corrected chi connectivity index (χ2v) is 13.7. The first-order valence-corrected chi connectivity index (χ1v) is 16.8. The summed E-state index contributed by atoms with van der Waals surface area (Å²) < 4.78 is 20.0. The number of rotatable bonds is 16. The number of hydrogen-bond acceptors (Lipinski definition) is 6. The highest BCUT2D eigenvalue weighted by Gasteiger charge is 2.38. The lowest BCUT2D eigenvalue weighted by atomic mass is 9.88. The summed E-state index contributed by atoms with van der Waals surface area (Å²) in [6.07, 6.45) is 21.1. The number of allylic oxidation sites excluding steroid dienone is 4. The standard InChI is InChI=1S/C38H56N2O4/c1-28(2)14-10-18-37(6)20-16-31-34(43-37)32-17-21-38(7,19-11-15-29(3)4)44-36(32)33(30(5)41)35(31)42-27-13-23-39-22-12-26-40-24-8-9-25-40/h14-17,20-21,39H,8-13,18-19,22-27H2,1-7H3. The molecule has 0 aliphatic carbocycles. The van der Waals surface area contributed by atoms with Gasteiger partial charge in [-0.25, -0.2) is 0 Å². The van der Waals surface area contributed by atoms with Crippen molar-refractivity contribution < 1.29 is 19.0 Å². The van der Waals surface area contributed by atoms with E-state index in [2.05, 4.69) is 88.2 Å². The molecule has 0 radical (unpaired) electrons. The fourth-order valence-electron chi connectivity index (χ4n) is 6.26. The van der Waals surface area contributed by atoms with Gasteiger partial charge in [0.25, 0.3) is 0 Å². The second-order valence-electron chi connectivity index (χ2n) is 13.7. The molecule has 6 nitrogen and oxygen atoms in total. The Hall–Kier alpha value is -2.83. The van der Waals surface area contributed by atoms with Crippen molar-refractivity contribution in [2.75, 3.05) is 39.3 Å². The van der Waals surface area contributed by atoms with E-state index in [0.717, 1.165) is 62.1 Å². The molecule has 0 bridgehead atoms. The van der Waals surface area contributed by atoms with Gasteiger partial charge in [-0.3, -0.25) is 4.79 Å². The Labute approximate surface area is 266 Å². The molecule has 1 N–H and O–H groups in total. The van der Waals surface area contributed by atoms with Crippen LogP contribution in [0.4, 0.5) is 0 Å². The lowest BCUT2D eigenvalue weighted by molar-refractivity contribution is 0.0973. The molecule has 3 heterocycles. The van der Waals surface area contributed by atoms with Gasteiger partial charge in [0, 0.05) is 0 Å². The Balaban J connectivity index is 1.55.